The van der Waals surface area contributed by atoms with Crippen molar-refractivity contribution in [3.63, 3.8) is 0 Å². The van der Waals surface area contributed by atoms with Gasteiger partial charge >= 0.3 is 0 Å². The molecule has 0 heteroatoms. The zero-order chi connectivity index (χ0) is 55.8. The van der Waals surface area contributed by atoms with E-state index in [0.29, 0.717) is 0 Å². The summed E-state index contributed by atoms with van der Waals surface area (Å²) in [6.07, 6.45) is 0. The van der Waals surface area contributed by atoms with Crippen LogP contribution in [0.15, 0.2) is 340 Å². The van der Waals surface area contributed by atoms with E-state index in [2.05, 4.69) is 340 Å². The van der Waals surface area contributed by atoms with Crippen LogP contribution in [0.25, 0.3) is 154 Å². The zero-order valence-electron chi connectivity index (χ0n) is 46.3. The summed E-state index contributed by atoms with van der Waals surface area (Å²) in [5.74, 6) is 0. The van der Waals surface area contributed by atoms with Crippen molar-refractivity contribution in [1.82, 2.24) is 0 Å². The Balaban J connectivity index is 0.000000153. The fourth-order valence-corrected chi connectivity index (χ4v) is 12.9. The fourth-order valence-electron chi connectivity index (χ4n) is 12.9. The first-order chi connectivity index (χ1) is 41.7. The summed E-state index contributed by atoms with van der Waals surface area (Å²) < 4.78 is 0. The summed E-state index contributed by atoms with van der Waals surface area (Å²) in [5.41, 5.74) is 19.8. The molecular formula is C84H56. The molecule has 0 nitrogen and oxygen atoms in total. The monoisotopic (exact) mass is 1060 g/mol. The largest absolute Gasteiger partial charge is 0.0622 e. The third-order valence-corrected chi connectivity index (χ3v) is 16.8. The first-order valence-corrected chi connectivity index (χ1v) is 29.0. The molecule has 0 radical (unpaired) electrons. The van der Waals surface area contributed by atoms with Gasteiger partial charge in [-0.05, 0) is 202 Å². The van der Waals surface area contributed by atoms with Crippen LogP contribution < -0.4 is 0 Å². The molecule has 16 aromatic rings. The molecule has 0 atom stereocenters. The van der Waals surface area contributed by atoms with E-state index >= 15 is 0 Å². The summed E-state index contributed by atoms with van der Waals surface area (Å²) in [6, 6.07) is 124. The molecule has 0 unspecified atom stereocenters. The number of fused-ring (bicyclic) bond motifs is 6. The normalized spacial score (nSPS) is 11.3. The first kappa shape index (κ1) is 50.1. The molecule has 0 saturated carbocycles. The second kappa shape index (κ2) is 21.9. The molecular weight excluding hydrogens is 1010 g/mol. The van der Waals surface area contributed by atoms with Gasteiger partial charge in [0.25, 0.3) is 0 Å². The molecule has 0 spiro atoms. The highest BCUT2D eigenvalue weighted by Crippen LogP contribution is 2.48. The van der Waals surface area contributed by atoms with E-state index < -0.39 is 0 Å². The number of rotatable bonds is 8. The Morgan fingerprint density at radius 1 is 0.107 bits per heavy atom. The zero-order valence-corrected chi connectivity index (χ0v) is 46.3. The lowest BCUT2D eigenvalue weighted by atomic mass is 9.83. The highest BCUT2D eigenvalue weighted by Gasteiger charge is 2.21. The second-order valence-corrected chi connectivity index (χ2v) is 21.9. The van der Waals surface area contributed by atoms with E-state index in [-0.39, 0.29) is 0 Å². The van der Waals surface area contributed by atoms with Crippen molar-refractivity contribution in [2.24, 2.45) is 0 Å². The van der Waals surface area contributed by atoms with Crippen LogP contribution in [0.2, 0.25) is 0 Å². The van der Waals surface area contributed by atoms with E-state index in [1.165, 1.54) is 154 Å². The van der Waals surface area contributed by atoms with Crippen molar-refractivity contribution >= 4 is 64.6 Å². The standard InChI is InChI=1S/C50H34.C34H22/c1-5-17-35(18-6-1)39-29-40(36-19-7-2-8-20-36)32-43(31-39)49-45-25-13-15-27-47(45)50(48-28-16-14-26-46(48)49)44-33-41(37-21-9-3-10-22-37)30-42(34-44)38-23-11-4-12-24-38;1-3-11-25-21-27(19-17-23(25)9-1)33-29-13-5-7-15-31(29)34(32-16-8-6-14-30(32)33)28-20-18-24-10-2-4-12-26(24)22-28/h1-34H;1-22H. The van der Waals surface area contributed by atoms with Crippen molar-refractivity contribution in [2.45, 2.75) is 0 Å². The van der Waals surface area contributed by atoms with Crippen LogP contribution in [0.4, 0.5) is 0 Å². The lowest BCUT2D eigenvalue weighted by molar-refractivity contribution is 1.57. The lowest BCUT2D eigenvalue weighted by Gasteiger charge is -2.20. The van der Waals surface area contributed by atoms with Gasteiger partial charge in [-0.25, -0.2) is 0 Å². The molecule has 16 aromatic carbocycles. The quantitative estimate of drug-likeness (QED) is 0.133. The number of benzene rings is 16. The highest BCUT2D eigenvalue weighted by molar-refractivity contribution is 6.23. The summed E-state index contributed by atoms with van der Waals surface area (Å²) in [7, 11) is 0. The summed E-state index contributed by atoms with van der Waals surface area (Å²) in [5, 5.41) is 15.2. The Morgan fingerprint density at radius 3 is 0.571 bits per heavy atom. The van der Waals surface area contributed by atoms with Gasteiger partial charge in [0, 0.05) is 0 Å². The van der Waals surface area contributed by atoms with Crippen molar-refractivity contribution in [3.05, 3.63) is 340 Å². The van der Waals surface area contributed by atoms with E-state index in [0.717, 1.165) is 0 Å². The molecule has 0 N–H and O–H groups in total. The third-order valence-electron chi connectivity index (χ3n) is 16.8. The van der Waals surface area contributed by atoms with Gasteiger partial charge in [-0.2, -0.15) is 0 Å². The Kier molecular flexibility index (Phi) is 13.0. The molecule has 0 aromatic heterocycles. The molecule has 84 heavy (non-hydrogen) atoms. The summed E-state index contributed by atoms with van der Waals surface area (Å²) in [6.45, 7) is 0. The van der Waals surface area contributed by atoms with Crippen LogP contribution >= 0.6 is 0 Å². The average Bonchev–Trinajstić information content (AvgIpc) is 2.39. The molecule has 0 amide bonds. The smallest absolute Gasteiger partial charge is 0.00259 e. The summed E-state index contributed by atoms with van der Waals surface area (Å²) >= 11 is 0. The predicted octanol–water partition coefficient (Wildman–Crippen LogP) is 23.6. The van der Waals surface area contributed by atoms with Gasteiger partial charge in [0.05, 0.1) is 0 Å². The maximum Gasteiger partial charge on any atom is -0.00259 e. The van der Waals surface area contributed by atoms with Gasteiger partial charge in [0.1, 0.15) is 0 Å². The van der Waals surface area contributed by atoms with Crippen LogP contribution in [0, 0.1) is 0 Å². The molecule has 0 aliphatic heterocycles. The molecule has 0 fully saturated rings. The minimum Gasteiger partial charge on any atom is -0.0622 e. The lowest BCUT2D eigenvalue weighted by Crippen LogP contribution is -1.93. The van der Waals surface area contributed by atoms with E-state index in [1.807, 2.05) is 0 Å². The van der Waals surface area contributed by atoms with Crippen LogP contribution in [-0.4, -0.2) is 0 Å². The molecule has 392 valence electrons. The van der Waals surface area contributed by atoms with Crippen molar-refractivity contribution < 1.29 is 0 Å². The van der Waals surface area contributed by atoms with Gasteiger partial charge in [-0.15, -0.1) is 0 Å². The van der Waals surface area contributed by atoms with Gasteiger partial charge in [-0.3, -0.25) is 0 Å². The van der Waals surface area contributed by atoms with Crippen molar-refractivity contribution in [1.29, 1.82) is 0 Å². The summed E-state index contributed by atoms with van der Waals surface area (Å²) in [4.78, 5) is 0. The average molecular weight is 1070 g/mol. The topological polar surface area (TPSA) is 0 Å². The SMILES string of the molecule is c1ccc(-c2cc(-c3ccccc3)cc(-c3c4ccccc4c(-c4cc(-c5ccccc5)cc(-c5ccccc5)c4)c4ccccc34)c2)cc1.c1ccc2cc(-c3c4ccccc4c(-c4ccc5ccccc5c4)c4ccccc34)ccc2c1. The Bertz CT molecular complexity index is 4550. The van der Waals surface area contributed by atoms with Crippen molar-refractivity contribution in [2.75, 3.05) is 0 Å². The molecule has 0 heterocycles. The molecule has 0 aliphatic carbocycles. The van der Waals surface area contributed by atoms with Crippen LogP contribution in [-0.2, 0) is 0 Å². The molecule has 16 rings (SSSR count). The first-order valence-electron chi connectivity index (χ1n) is 29.0. The van der Waals surface area contributed by atoms with Gasteiger partial charge < -0.3 is 0 Å². The Hall–Kier alpha value is -10.9. The minimum absolute atomic E-state index is 1.21. The number of hydrogen-bond donors (Lipinski definition) is 0. The highest BCUT2D eigenvalue weighted by atomic mass is 14.2. The van der Waals surface area contributed by atoms with Crippen LogP contribution in [0.3, 0.4) is 0 Å². The maximum absolute atomic E-state index is 2.37. The van der Waals surface area contributed by atoms with E-state index in [9.17, 15) is 0 Å². The third kappa shape index (κ3) is 9.36. The Morgan fingerprint density at radius 2 is 0.310 bits per heavy atom. The maximum atomic E-state index is 2.37. The molecule has 0 bridgehead atoms. The fraction of sp³-hybridized carbons (Fsp3) is 0. The van der Waals surface area contributed by atoms with Crippen molar-refractivity contribution in [3.8, 4) is 89.0 Å². The minimum atomic E-state index is 1.21. The van der Waals surface area contributed by atoms with Gasteiger partial charge in [-0.1, -0.05) is 291 Å². The molecule has 0 saturated heterocycles. The van der Waals surface area contributed by atoms with Gasteiger partial charge in [0.2, 0.25) is 0 Å². The predicted molar refractivity (Wildman–Crippen MR) is 361 cm³/mol. The van der Waals surface area contributed by atoms with Crippen LogP contribution in [0.1, 0.15) is 0 Å². The number of hydrogen-bond acceptors (Lipinski definition) is 0. The van der Waals surface area contributed by atoms with Crippen LogP contribution in [0.5, 0.6) is 0 Å². The molecule has 0 aliphatic rings. The van der Waals surface area contributed by atoms with Gasteiger partial charge in [0.15, 0.2) is 0 Å². The van der Waals surface area contributed by atoms with E-state index in [4.69, 9.17) is 0 Å². The Labute approximate surface area is 490 Å². The second-order valence-electron chi connectivity index (χ2n) is 21.9. The van der Waals surface area contributed by atoms with E-state index in [1.54, 1.807) is 0 Å².